The Morgan fingerprint density at radius 2 is 1.52 bits per heavy atom. The van der Waals surface area contributed by atoms with Gasteiger partial charge in [0, 0.05) is 0 Å². The molecule has 0 saturated carbocycles. The summed E-state index contributed by atoms with van der Waals surface area (Å²) < 4.78 is 12.4. The van der Waals surface area contributed by atoms with Gasteiger partial charge < -0.3 is 19.7 Å². The molecule has 0 aromatic heterocycles. The minimum absolute atomic E-state index is 0.168. The van der Waals surface area contributed by atoms with Crippen molar-refractivity contribution in [3.8, 4) is 11.5 Å². The first-order chi connectivity index (χ1) is 21.2. The van der Waals surface area contributed by atoms with Crippen molar-refractivity contribution in [3.05, 3.63) is 127 Å². The third-order valence-corrected chi connectivity index (χ3v) is 8.35. The van der Waals surface area contributed by atoms with Crippen LogP contribution >= 0.6 is 34.4 Å². The number of carbonyl (C=O) groups excluding carboxylic acids is 1. The van der Waals surface area contributed by atoms with Crippen LogP contribution in [0.1, 0.15) is 37.4 Å². The number of amides is 1. The van der Waals surface area contributed by atoms with Gasteiger partial charge in [0.25, 0.3) is 5.91 Å². The second-order valence-corrected chi connectivity index (χ2v) is 11.7. The van der Waals surface area contributed by atoms with E-state index in [9.17, 15) is 19.5 Å². The molecule has 0 radical (unpaired) electrons. The molecule has 1 aliphatic heterocycles. The van der Waals surface area contributed by atoms with Crippen molar-refractivity contribution >= 4 is 69.1 Å². The monoisotopic (exact) mass is 720 g/mol. The van der Waals surface area contributed by atoms with Gasteiger partial charge in [-0.25, -0.2) is 14.6 Å². The van der Waals surface area contributed by atoms with Gasteiger partial charge in [-0.05, 0) is 106 Å². The maximum atomic E-state index is 13.7. The fourth-order valence-corrected chi connectivity index (χ4v) is 6.07. The van der Waals surface area contributed by atoms with Crippen molar-refractivity contribution in [2.45, 2.75) is 13.2 Å². The molecule has 0 atom stereocenters. The van der Waals surface area contributed by atoms with Crippen LogP contribution in [0.25, 0.3) is 6.08 Å². The van der Waals surface area contributed by atoms with E-state index < -0.39 is 11.9 Å². The van der Waals surface area contributed by atoms with E-state index in [0.29, 0.717) is 27.3 Å². The summed E-state index contributed by atoms with van der Waals surface area (Å²) in [5.74, 6) is -1.23. The van der Waals surface area contributed by atoms with Crippen molar-refractivity contribution in [3.63, 3.8) is 0 Å². The van der Waals surface area contributed by atoms with Crippen LogP contribution in [0.5, 0.6) is 11.5 Å². The first-order valence-corrected chi connectivity index (χ1v) is 15.1. The summed E-state index contributed by atoms with van der Waals surface area (Å²) in [5.41, 5.74) is 3.36. The van der Waals surface area contributed by atoms with Crippen molar-refractivity contribution < 1.29 is 34.1 Å². The van der Waals surface area contributed by atoms with Gasteiger partial charge in [-0.1, -0.05) is 42.5 Å². The number of carboxylic acid groups (broad SMARTS) is 2. The van der Waals surface area contributed by atoms with E-state index in [-0.39, 0.29) is 30.2 Å². The lowest BCUT2D eigenvalue weighted by atomic mass is 10.1. The van der Waals surface area contributed by atoms with E-state index in [4.69, 9.17) is 19.6 Å². The largest absolute Gasteiger partial charge is 0.493 e. The Morgan fingerprint density at radius 1 is 0.909 bits per heavy atom. The van der Waals surface area contributed by atoms with E-state index in [1.165, 1.54) is 43.1 Å². The quantitative estimate of drug-likeness (QED) is 0.132. The highest BCUT2D eigenvalue weighted by Crippen LogP contribution is 2.39. The molecule has 9 nitrogen and oxygen atoms in total. The third-order valence-electron chi connectivity index (χ3n) is 6.54. The molecule has 1 amide bonds. The lowest BCUT2D eigenvalue weighted by Gasteiger charge is -2.16. The van der Waals surface area contributed by atoms with Crippen LogP contribution < -0.4 is 9.47 Å². The Labute approximate surface area is 271 Å². The Balaban J connectivity index is 1.41. The van der Waals surface area contributed by atoms with Crippen molar-refractivity contribution in [1.29, 1.82) is 0 Å². The van der Waals surface area contributed by atoms with Crippen LogP contribution in [0.15, 0.2) is 101 Å². The number of aliphatic imine (C=N–C) groups is 1. The van der Waals surface area contributed by atoms with Gasteiger partial charge in [0.1, 0.15) is 6.61 Å². The summed E-state index contributed by atoms with van der Waals surface area (Å²) in [6.45, 7) is 0.429. The van der Waals surface area contributed by atoms with Crippen LogP contribution in [0, 0.1) is 3.57 Å². The van der Waals surface area contributed by atoms with Crippen LogP contribution in [-0.4, -0.2) is 45.2 Å². The SMILES string of the molecule is COc1cc(/C=C2\SC(=Nc3ccccc3)N(Cc3ccc(C(=O)O)cc3)C2=O)cc(I)c1OCc1ccc(C(=O)O)cc1. The van der Waals surface area contributed by atoms with Crippen LogP contribution in [0.4, 0.5) is 5.69 Å². The molecule has 0 bridgehead atoms. The average Bonchev–Trinajstić information content (AvgIpc) is 3.29. The standard InChI is InChI=1S/C33H25IN2O7S/c1-42-27-16-22(15-26(34)29(27)43-19-21-9-13-24(14-10-21)32(40)41)17-28-30(37)36(18-20-7-11-23(12-8-20)31(38)39)33(44-28)35-25-5-3-2-4-6-25/h2-17H,18-19H2,1H3,(H,38,39)(H,40,41)/b28-17-,35-33?. The van der Waals surface area contributed by atoms with Gasteiger partial charge in [-0.2, -0.15) is 0 Å². The smallest absolute Gasteiger partial charge is 0.335 e. The molecule has 1 saturated heterocycles. The predicted molar refractivity (Wildman–Crippen MR) is 177 cm³/mol. The molecular weight excluding hydrogens is 695 g/mol. The Kier molecular flexibility index (Phi) is 9.65. The molecule has 0 aliphatic carbocycles. The van der Waals surface area contributed by atoms with Gasteiger partial charge >= 0.3 is 11.9 Å². The van der Waals surface area contributed by atoms with Crippen molar-refractivity contribution in [2.75, 3.05) is 7.11 Å². The first kappa shape index (κ1) is 30.8. The molecule has 2 N–H and O–H groups in total. The van der Waals surface area contributed by atoms with Gasteiger partial charge in [0.05, 0.1) is 38.9 Å². The number of halogens is 1. The number of carbonyl (C=O) groups is 3. The number of methoxy groups -OCH3 is 1. The fraction of sp³-hybridized carbons (Fsp3) is 0.0909. The third kappa shape index (κ3) is 7.29. The van der Waals surface area contributed by atoms with Crippen molar-refractivity contribution in [1.82, 2.24) is 4.90 Å². The van der Waals surface area contributed by atoms with Crippen LogP contribution in [0.3, 0.4) is 0 Å². The number of para-hydroxylation sites is 1. The lowest BCUT2D eigenvalue weighted by Crippen LogP contribution is -2.28. The number of carboxylic acids is 2. The second-order valence-electron chi connectivity index (χ2n) is 9.56. The topological polar surface area (TPSA) is 126 Å². The summed E-state index contributed by atoms with van der Waals surface area (Å²) >= 11 is 3.40. The van der Waals surface area contributed by atoms with Gasteiger partial charge in [0.15, 0.2) is 16.7 Å². The number of hydrogen-bond donors (Lipinski definition) is 2. The highest BCUT2D eigenvalue weighted by atomic mass is 127. The Bertz CT molecular complexity index is 1770. The predicted octanol–water partition coefficient (Wildman–Crippen LogP) is 7.08. The number of thioether (sulfide) groups is 1. The summed E-state index contributed by atoms with van der Waals surface area (Å²) in [6, 6.07) is 25.9. The van der Waals surface area contributed by atoms with Gasteiger partial charge in [-0.15, -0.1) is 0 Å². The van der Waals surface area contributed by atoms with E-state index in [0.717, 1.165) is 20.3 Å². The summed E-state index contributed by atoms with van der Waals surface area (Å²) in [4.78, 5) is 42.9. The molecule has 44 heavy (non-hydrogen) atoms. The molecule has 4 aromatic rings. The lowest BCUT2D eigenvalue weighted by molar-refractivity contribution is -0.122. The zero-order valence-corrected chi connectivity index (χ0v) is 26.2. The van der Waals surface area contributed by atoms with Gasteiger partial charge in [-0.3, -0.25) is 9.69 Å². The number of rotatable bonds is 10. The number of aromatic carboxylic acids is 2. The Hall–Kier alpha value is -4.62. The number of hydrogen-bond acceptors (Lipinski definition) is 7. The fourth-order valence-electron chi connectivity index (χ4n) is 4.29. The number of amidine groups is 1. The average molecular weight is 721 g/mol. The zero-order chi connectivity index (χ0) is 31.2. The van der Waals surface area contributed by atoms with Crippen LogP contribution in [0.2, 0.25) is 0 Å². The number of ether oxygens (including phenoxy) is 2. The molecule has 222 valence electrons. The summed E-state index contributed by atoms with van der Waals surface area (Å²) in [7, 11) is 1.54. The molecule has 11 heteroatoms. The molecular formula is C33H25IN2O7S. The summed E-state index contributed by atoms with van der Waals surface area (Å²) in [5, 5.41) is 18.9. The molecule has 1 fully saturated rings. The minimum Gasteiger partial charge on any atom is -0.493 e. The van der Waals surface area contributed by atoms with E-state index >= 15 is 0 Å². The second kappa shape index (κ2) is 13.8. The molecule has 1 aliphatic rings. The molecule has 5 rings (SSSR count). The minimum atomic E-state index is -1.02. The summed E-state index contributed by atoms with van der Waals surface area (Å²) in [6.07, 6.45) is 1.78. The van der Waals surface area contributed by atoms with Gasteiger partial charge in [0.2, 0.25) is 0 Å². The maximum absolute atomic E-state index is 13.7. The number of nitrogens with zero attached hydrogens (tertiary/aromatic N) is 2. The highest BCUT2D eigenvalue weighted by molar-refractivity contribution is 14.1. The van der Waals surface area contributed by atoms with Crippen molar-refractivity contribution in [2.24, 2.45) is 4.99 Å². The van der Waals surface area contributed by atoms with E-state index in [2.05, 4.69) is 22.6 Å². The first-order valence-electron chi connectivity index (χ1n) is 13.2. The van der Waals surface area contributed by atoms with Crippen LogP contribution in [-0.2, 0) is 17.9 Å². The molecule has 0 unspecified atom stereocenters. The van der Waals surface area contributed by atoms with E-state index in [1.54, 1.807) is 41.3 Å². The molecule has 4 aromatic carbocycles. The highest BCUT2D eigenvalue weighted by Gasteiger charge is 2.33. The molecule has 1 heterocycles. The van der Waals surface area contributed by atoms with E-state index in [1.807, 2.05) is 36.4 Å². The maximum Gasteiger partial charge on any atom is 0.335 e. The zero-order valence-electron chi connectivity index (χ0n) is 23.3. The number of benzene rings is 4. The normalized spacial score (nSPS) is 14.7. The Morgan fingerprint density at radius 3 is 2.11 bits per heavy atom. The molecule has 0 spiro atoms.